The fourth-order valence-electron chi connectivity index (χ4n) is 12.2. The first kappa shape index (κ1) is 85.5. The Morgan fingerprint density at radius 1 is 0.394 bits per heavy atom. The topological polar surface area (TPSA) is 307 Å². The van der Waals surface area contributed by atoms with Crippen LogP contribution < -0.4 is 5.32 Å². The number of unbranched alkanes of at least 4 members (excludes halogenated alkanes) is 31. The lowest BCUT2D eigenvalue weighted by atomic mass is 9.96. The molecule has 546 valence electrons. The molecule has 0 aromatic carbocycles. The molecular weight excluding hydrogens is 1200 g/mol. The molecule has 0 aromatic rings. The summed E-state index contributed by atoms with van der Waals surface area (Å²) in [6.45, 7) is 1.60. The van der Waals surface area contributed by atoms with Gasteiger partial charge in [-0.2, -0.15) is 0 Å². The van der Waals surface area contributed by atoms with Crippen LogP contribution in [0.15, 0.2) is 72.9 Å². The second-order valence-corrected chi connectivity index (χ2v) is 26.4. The van der Waals surface area contributed by atoms with E-state index in [9.17, 15) is 61.0 Å². The van der Waals surface area contributed by atoms with Crippen LogP contribution in [0.2, 0.25) is 0 Å². The highest BCUT2D eigenvalue weighted by Crippen LogP contribution is 2.33. The van der Waals surface area contributed by atoms with Crippen LogP contribution in [0, 0.1) is 0 Å². The van der Waals surface area contributed by atoms with Gasteiger partial charge in [0.05, 0.1) is 38.6 Å². The summed E-state index contributed by atoms with van der Waals surface area (Å²) in [6.07, 6.45) is 44.7. The Morgan fingerprint density at radius 2 is 0.745 bits per heavy atom. The van der Waals surface area contributed by atoms with Gasteiger partial charge in [-0.1, -0.05) is 254 Å². The van der Waals surface area contributed by atoms with Crippen LogP contribution in [0.4, 0.5) is 0 Å². The predicted octanol–water partition coefficient (Wildman–Crippen LogP) is 10.9. The molecule has 3 aliphatic heterocycles. The molecule has 3 fully saturated rings. The van der Waals surface area contributed by atoms with Crippen molar-refractivity contribution in [3.63, 3.8) is 0 Å². The predicted molar refractivity (Wildman–Crippen MR) is 369 cm³/mol. The maximum atomic E-state index is 13.4. The van der Waals surface area contributed by atoms with Crippen molar-refractivity contribution in [1.82, 2.24) is 5.32 Å². The third-order valence-corrected chi connectivity index (χ3v) is 18.2. The van der Waals surface area contributed by atoms with Crippen LogP contribution in [-0.4, -0.2) is 193 Å². The molecule has 0 spiro atoms. The summed E-state index contributed by atoms with van der Waals surface area (Å²) in [6, 6.07) is -1.01. The standard InChI is InChI=1S/C75H133NO18/c1-3-5-7-9-11-13-15-17-19-21-22-23-24-25-26-27-28-29-30-31-32-33-34-35-37-38-40-42-44-46-48-50-52-59(80)58(76-63(81)53-51-49-47-45-43-41-39-36-20-18-16-14-12-10-8-6-4-2)57-89-73-69(87)66(84)71(61(55-78)91-73)94-75-70(88)67(85)72(62(56-79)92-75)93-74-68(86)65(83)64(82)60(54-77)90-74/h6,8,12,14,18,20,35,37,42,44,50,52,58-62,64-75,77-80,82-88H,3-5,7,9-11,13,15-17,19,21-34,36,38-41,43,45-49,51,53-57H2,1-2H3,(H,76,81)/b8-6-,14-12-,20-18-,37-35+,44-42+,52-50+. The number of hydrogen-bond acceptors (Lipinski definition) is 18. The van der Waals surface area contributed by atoms with Gasteiger partial charge in [0.15, 0.2) is 18.9 Å². The molecule has 12 N–H and O–H groups in total. The van der Waals surface area contributed by atoms with Gasteiger partial charge < -0.3 is 89.9 Å². The minimum atomic E-state index is -1.99. The van der Waals surface area contributed by atoms with Crippen molar-refractivity contribution in [2.45, 2.75) is 369 Å². The Balaban J connectivity index is 1.41. The summed E-state index contributed by atoms with van der Waals surface area (Å²) in [5.74, 6) is -0.301. The number of nitrogens with one attached hydrogen (secondary N) is 1. The average molecular weight is 1340 g/mol. The largest absolute Gasteiger partial charge is 0.394 e. The highest BCUT2D eigenvalue weighted by atomic mass is 16.8. The molecular formula is C75H133NO18. The number of allylic oxidation sites excluding steroid dienone is 11. The van der Waals surface area contributed by atoms with E-state index in [0.29, 0.717) is 12.8 Å². The van der Waals surface area contributed by atoms with Gasteiger partial charge in [0.25, 0.3) is 0 Å². The van der Waals surface area contributed by atoms with Gasteiger partial charge in [-0.05, 0) is 77.0 Å². The molecule has 3 heterocycles. The van der Waals surface area contributed by atoms with Crippen molar-refractivity contribution in [3.05, 3.63) is 72.9 Å². The third-order valence-electron chi connectivity index (χ3n) is 18.2. The molecule has 1 amide bonds. The summed E-state index contributed by atoms with van der Waals surface area (Å²) in [7, 11) is 0. The van der Waals surface area contributed by atoms with E-state index in [1.807, 2.05) is 6.08 Å². The van der Waals surface area contributed by atoms with E-state index in [0.717, 1.165) is 89.9 Å². The smallest absolute Gasteiger partial charge is 0.220 e. The molecule has 0 radical (unpaired) electrons. The molecule has 0 aromatic heterocycles. The number of aliphatic hydroxyl groups is 11. The second-order valence-electron chi connectivity index (χ2n) is 26.4. The van der Waals surface area contributed by atoms with E-state index in [-0.39, 0.29) is 18.9 Å². The van der Waals surface area contributed by atoms with Crippen LogP contribution >= 0.6 is 0 Å². The third kappa shape index (κ3) is 36.9. The van der Waals surface area contributed by atoms with Crippen molar-refractivity contribution < 1.29 is 89.4 Å². The fourth-order valence-corrected chi connectivity index (χ4v) is 12.2. The number of aliphatic hydroxyl groups excluding tert-OH is 11. The summed E-state index contributed by atoms with van der Waals surface area (Å²) in [5.41, 5.74) is 0. The molecule has 3 saturated heterocycles. The number of carbonyl (C=O) groups is 1. The number of hydrogen-bond donors (Lipinski definition) is 12. The Morgan fingerprint density at radius 3 is 1.19 bits per heavy atom. The number of carbonyl (C=O) groups excluding carboxylic acids is 1. The quantitative estimate of drug-likeness (QED) is 0.0199. The van der Waals surface area contributed by atoms with Crippen molar-refractivity contribution in [1.29, 1.82) is 0 Å². The highest BCUT2D eigenvalue weighted by molar-refractivity contribution is 5.76. The van der Waals surface area contributed by atoms with E-state index in [1.54, 1.807) is 6.08 Å². The summed E-state index contributed by atoms with van der Waals surface area (Å²) < 4.78 is 34.3. The zero-order valence-electron chi connectivity index (χ0n) is 57.9. The molecule has 19 nitrogen and oxygen atoms in total. The number of ether oxygens (including phenoxy) is 6. The lowest BCUT2D eigenvalue weighted by Gasteiger charge is -2.48. The zero-order valence-corrected chi connectivity index (χ0v) is 57.9. The van der Waals surface area contributed by atoms with Crippen LogP contribution in [-0.2, 0) is 33.2 Å². The summed E-state index contributed by atoms with van der Waals surface area (Å²) in [5, 5.41) is 121. The molecule has 0 saturated carbocycles. The minimum Gasteiger partial charge on any atom is -0.394 e. The first-order valence-electron chi connectivity index (χ1n) is 37.2. The van der Waals surface area contributed by atoms with Gasteiger partial charge in [-0.25, -0.2) is 0 Å². The van der Waals surface area contributed by atoms with Crippen LogP contribution in [0.3, 0.4) is 0 Å². The Hall–Kier alpha value is -2.77. The molecule has 3 aliphatic rings. The molecule has 17 unspecified atom stereocenters. The lowest BCUT2D eigenvalue weighted by molar-refractivity contribution is -0.379. The zero-order chi connectivity index (χ0) is 68.2. The van der Waals surface area contributed by atoms with Gasteiger partial charge in [0, 0.05) is 6.42 Å². The second kappa shape index (κ2) is 56.0. The van der Waals surface area contributed by atoms with E-state index in [1.165, 1.54) is 141 Å². The molecule has 0 bridgehead atoms. The van der Waals surface area contributed by atoms with Gasteiger partial charge >= 0.3 is 0 Å². The monoisotopic (exact) mass is 1340 g/mol. The Labute approximate surface area is 566 Å². The first-order valence-corrected chi connectivity index (χ1v) is 37.2. The van der Waals surface area contributed by atoms with Crippen molar-refractivity contribution in [2.24, 2.45) is 0 Å². The maximum Gasteiger partial charge on any atom is 0.220 e. The van der Waals surface area contributed by atoms with Crippen molar-refractivity contribution in [3.8, 4) is 0 Å². The Bertz CT molecular complexity index is 1980. The number of amides is 1. The lowest BCUT2D eigenvalue weighted by Crippen LogP contribution is -2.66. The highest BCUT2D eigenvalue weighted by Gasteiger charge is 2.53. The van der Waals surface area contributed by atoms with Gasteiger partial charge in [0.1, 0.15) is 73.2 Å². The SMILES string of the molecule is CC/C=C\C/C=C\C/C=C\CCCCCCCCCC(=O)NC(COC1OC(CO)C(OC2OC(CO)C(OC3OC(CO)C(O)C(O)C3O)C(O)C2O)C(O)C1O)C(O)/C=C/CC/C=C/CC/C=C/CCCCCCCCCCCCCCCCCCCCCCCC. The summed E-state index contributed by atoms with van der Waals surface area (Å²) in [4.78, 5) is 13.4. The van der Waals surface area contributed by atoms with Crippen LogP contribution in [0.1, 0.15) is 264 Å². The molecule has 0 aliphatic carbocycles. The first-order chi connectivity index (χ1) is 45.8. The number of rotatable bonds is 57. The van der Waals surface area contributed by atoms with Crippen LogP contribution in [0.5, 0.6) is 0 Å². The molecule has 19 heteroatoms. The average Bonchev–Trinajstić information content (AvgIpc) is 0.787. The van der Waals surface area contributed by atoms with Crippen molar-refractivity contribution in [2.75, 3.05) is 26.4 Å². The molecule has 94 heavy (non-hydrogen) atoms. The molecule has 17 atom stereocenters. The van der Waals surface area contributed by atoms with E-state index >= 15 is 0 Å². The van der Waals surface area contributed by atoms with Gasteiger partial charge in [-0.15, -0.1) is 0 Å². The maximum absolute atomic E-state index is 13.4. The Kier molecular flexibility index (Phi) is 50.9. The van der Waals surface area contributed by atoms with E-state index < -0.39 is 124 Å². The van der Waals surface area contributed by atoms with E-state index in [4.69, 9.17) is 28.4 Å². The van der Waals surface area contributed by atoms with Crippen molar-refractivity contribution >= 4 is 5.91 Å². The normalized spacial score (nSPS) is 27.8. The minimum absolute atomic E-state index is 0.217. The fraction of sp³-hybridized carbons (Fsp3) is 0.827. The summed E-state index contributed by atoms with van der Waals surface area (Å²) >= 11 is 0. The molecule has 3 rings (SSSR count). The van der Waals surface area contributed by atoms with E-state index in [2.05, 4.69) is 79.9 Å². The van der Waals surface area contributed by atoms with Crippen LogP contribution in [0.25, 0.3) is 0 Å². The van der Waals surface area contributed by atoms with Gasteiger partial charge in [0.2, 0.25) is 5.91 Å². The van der Waals surface area contributed by atoms with Gasteiger partial charge in [-0.3, -0.25) is 4.79 Å².